The number of nitrogens with one attached hydrogen (secondary N) is 3. The Kier molecular flexibility index (Phi) is 5.90. The lowest BCUT2D eigenvalue weighted by atomic mass is 9.44. The van der Waals surface area contributed by atoms with E-state index in [4.69, 9.17) is 10.5 Å². The molecule has 1 amide bonds. The Labute approximate surface area is 185 Å². The number of ether oxygens (including phenoxy) is 1. The summed E-state index contributed by atoms with van der Waals surface area (Å²) < 4.78 is 5.43. The maximum atomic E-state index is 12.7. The molecule has 4 aliphatic carbocycles. The molecule has 0 spiro atoms. The van der Waals surface area contributed by atoms with Gasteiger partial charge in [0.2, 0.25) is 5.91 Å². The van der Waals surface area contributed by atoms with E-state index >= 15 is 0 Å². The summed E-state index contributed by atoms with van der Waals surface area (Å²) in [5, 5.41) is 19.6. The number of nitrogens with two attached hydrogens (primary N) is 1. The lowest BCUT2D eigenvalue weighted by Gasteiger charge is -2.62. The van der Waals surface area contributed by atoms with Crippen LogP contribution in [0.2, 0.25) is 0 Å². The Morgan fingerprint density at radius 3 is 2.65 bits per heavy atom. The molecule has 4 bridgehead atoms. The molecule has 8 heteroatoms. The van der Waals surface area contributed by atoms with Gasteiger partial charge in [0, 0.05) is 32.8 Å². The summed E-state index contributed by atoms with van der Waals surface area (Å²) in [6.07, 6.45) is 8.92. The van der Waals surface area contributed by atoms with E-state index in [0.29, 0.717) is 24.4 Å². The van der Waals surface area contributed by atoms with Gasteiger partial charge in [-0.2, -0.15) is 0 Å². The number of carbonyl (C=O) groups is 1. The number of hydrogen-bond acceptors (Lipinski definition) is 7. The van der Waals surface area contributed by atoms with Crippen LogP contribution in [-0.2, 0) is 9.53 Å². The molecule has 5 fully saturated rings. The molecule has 0 aromatic heterocycles. The SMILES string of the molecule is NC(CC1CCOC1)C(=O)NCC12CC3CC(C1)CC(CNC1=NCC(O)CN1)(C3)C2. The lowest BCUT2D eigenvalue weighted by molar-refractivity contribution is -0.128. The van der Waals surface area contributed by atoms with Crippen LogP contribution in [-0.4, -0.2) is 68.5 Å². The molecule has 6 rings (SSSR count). The zero-order chi connectivity index (χ0) is 21.5. The van der Waals surface area contributed by atoms with Crippen LogP contribution < -0.4 is 21.7 Å². The second kappa shape index (κ2) is 8.52. The van der Waals surface area contributed by atoms with Gasteiger partial charge < -0.3 is 31.5 Å². The van der Waals surface area contributed by atoms with Crippen LogP contribution >= 0.6 is 0 Å². The van der Waals surface area contributed by atoms with E-state index < -0.39 is 6.04 Å². The molecule has 2 aliphatic heterocycles. The largest absolute Gasteiger partial charge is 0.389 e. The van der Waals surface area contributed by atoms with Crippen molar-refractivity contribution in [1.82, 2.24) is 16.0 Å². The first-order valence-electron chi connectivity index (χ1n) is 12.2. The smallest absolute Gasteiger partial charge is 0.236 e. The van der Waals surface area contributed by atoms with Gasteiger partial charge in [-0.05, 0) is 80.0 Å². The van der Waals surface area contributed by atoms with E-state index in [2.05, 4.69) is 20.9 Å². The fourth-order valence-corrected chi connectivity index (χ4v) is 7.63. The predicted molar refractivity (Wildman–Crippen MR) is 118 cm³/mol. The quantitative estimate of drug-likeness (QED) is 0.395. The highest BCUT2D eigenvalue weighted by atomic mass is 16.5. The summed E-state index contributed by atoms with van der Waals surface area (Å²) in [7, 11) is 0. The Hall–Kier alpha value is -1.38. The number of aliphatic hydroxyl groups excluding tert-OH is 1. The zero-order valence-corrected chi connectivity index (χ0v) is 18.6. The summed E-state index contributed by atoms with van der Waals surface area (Å²) in [5.74, 6) is 2.80. The molecule has 5 atom stereocenters. The van der Waals surface area contributed by atoms with Gasteiger partial charge in [-0.25, -0.2) is 0 Å². The van der Waals surface area contributed by atoms with Gasteiger partial charge in [0.1, 0.15) is 0 Å². The first-order valence-corrected chi connectivity index (χ1v) is 12.2. The molecule has 31 heavy (non-hydrogen) atoms. The highest BCUT2D eigenvalue weighted by Crippen LogP contribution is 2.64. The van der Waals surface area contributed by atoms with Gasteiger partial charge >= 0.3 is 0 Å². The highest BCUT2D eigenvalue weighted by Gasteiger charge is 2.57. The van der Waals surface area contributed by atoms with Crippen LogP contribution in [0.1, 0.15) is 51.4 Å². The molecule has 1 saturated heterocycles. The number of β-amino-alcohol motifs (C(OH)–C–C–N with tert-alkyl or cyclic N) is 1. The summed E-state index contributed by atoms with van der Waals surface area (Å²) in [6, 6.07) is -0.429. The Morgan fingerprint density at radius 1 is 1.26 bits per heavy atom. The van der Waals surface area contributed by atoms with Crippen molar-refractivity contribution in [3.8, 4) is 0 Å². The van der Waals surface area contributed by atoms with Crippen LogP contribution in [0.15, 0.2) is 4.99 Å². The number of hydrogen-bond donors (Lipinski definition) is 5. The van der Waals surface area contributed by atoms with E-state index in [1.54, 1.807) is 0 Å². The topological polar surface area (TPSA) is 121 Å². The molecule has 0 radical (unpaired) electrons. The number of aliphatic hydroxyl groups is 1. The van der Waals surface area contributed by atoms with Crippen LogP contribution in [0.4, 0.5) is 0 Å². The third-order valence-electron chi connectivity index (χ3n) is 8.49. The molecule has 6 N–H and O–H groups in total. The molecule has 5 unspecified atom stereocenters. The Bertz CT molecular complexity index is 693. The third kappa shape index (κ3) is 4.71. The number of guanidine groups is 1. The average Bonchev–Trinajstić information content (AvgIpc) is 3.24. The maximum absolute atomic E-state index is 12.7. The van der Waals surface area contributed by atoms with E-state index in [-0.39, 0.29) is 17.4 Å². The predicted octanol–water partition coefficient (Wildman–Crippen LogP) is 0.353. The lowest BCUT2D eigenvalue weighted by Crippen LogP contribution is -2.60. The standard InChI is InChI=1S/C23H39N5O3/c24-19(4-15-1-2-31-11-15)20(30)27-13-22-5-16-3-17(6-22)8-23(7-16,12-22)14-28-21-25-9-18(29)10-26-21/h15-19,29H,1-14,24H2,(H,27,30)(H2,25,26,28). The van der Waals surface area contributed by atoms with Crippen molar-refractivity contribution in [1.29, 1.82) is 0 Å². The Balaban J connectivity index is 1.18. The van der Waals surface area contributed by atoms with E-state index in [0.717, 1.165) is 56.9 Å². The van der Waals surface area contributed by atoms with Gasteiger partial charge in [-0.3, -0.25) is 9.79 Å². The minimum atomic E-state index is -0.429. The van der Waals surface area contributed by atoms with Crippen molar-refractivity contribution in [3.63, 3.8) is 0 Å². The number of rotatable bonds is 7. The molecular formula is C23H39N5O3. The van der Waals surface area contributed by atoms with Crippen molar-refractivity contribution in [2.75, 3.05) is 39.4 Å². The third-order valence-corrected chi connectivity index (χ3v) is 8.49. The molecule has 2 heterocycles. The summed E-state index contributed by atoms with van der Waals surface area (Å²) in [4.78, 5) is 17.2. The minimum absolute atomic E-state index is 0.00846. The Morgan fingerprint density at radius 2 is 2.00 bits per heavy atom. The fraction of sp³-hybridized carbons (Fsp3) is 0.913. The van der Waals surface area contributed by atoms with Crippen molar-refractivity contribution < 1.29 is 14.6 Å². The van der Waals surface area contributed by atoms with Gasteiger partial charge in [-0.1, -0.05) is 0 Å². The first-order chi connectivity index (χ1) is 14.9. The van der Waals surface area contributed by atoms with E-state index in [1.807, 2.05) is 0 Å². The highest BCUT2D eigenvalue weighted by molar-refractivity contribution is 5.81. The first kappa shape index (κ1) is 21.5. The van der Waals surface area contributed by atoms with Crippen molar-refractivity contribution in [2.45, 2.75) is 63.5 Å². The van der Waals surface area contributed by atoms with Gasteiger partial charge in [0.25, 0.3) is 0 Å². The monoisotopic (exact) mass is 433 g/mol. The number of carbonyl (C=O) groups excluding carboxylic acids is 1. The number of amides is 1. The molecule has 8 nitrogen and oxygen atoms in total. The molecule has 0 aromatic rings. The number of nitrogens with zero attached hydrogens (tertiary/aromatic N) is 1. The van der Waals surface area contributed by atoms with Crippen LogP contribution in [0.25, 0.3) is 0 Å². The van der Waals surface area contributed by atoms with Crippen LogP contribution in [0.5, 0.6) is 0 Å². The van der Waals surface area contributed by atoms with Gasteiger partial charge in [0.15, 0.2) is 5.96 Å². The second-order valence-corrected chi connectivity index (χ2v) is 11.3. The zero-order valence-electron chi connectivity index (χ0n) is 18.6. The minimum Gasteiger partial charge on any atom is -0.389 e. The molecule has 4 saturated carbocycles. The average molecular weight is 434 g/mol. The summed E-state index contributed by atoms with van der Waals surface area (Å²) >= 11 is 0. The summed E-state index contributed by atoms with van der Waals surface area (Å²) in [5.41, 5.74) is 6.73. The fourth-order valence-electron chi connectivity index (χ4n) is 7.63. The van der Waals surface area contributed by atoms with Gasteiger partial charge in [-0.15, -0.1) is 0 Å². The van der Waals surface area contributed by atoms with E-state index in [1.165, 1.54) is 38.5 Å². The van der Waals surface area contributed by atoms with Crippen LogP contribution in [0.3, 0.4) is 0 Å². The number of aliphatic imine (C=N–C) groups is 1. The molecular weight excluding hydrogens is 394 g/mol. The second-order valence-electron chi connectivity index (χ2n) is 11.3. The molecule has 174 valence electrons. The molecule has 6 aliphatic rings. The van der Waals surface area contributed by atoms with Crippen molar-refractivity contribution in [2.24, 2.45) is 39.3 Å². The normalized spacial score (nSPS) is 42.1. The van der Waals surface area contributed by atoms with E-state index in [9.17, 15) is 9.90 Å². The van der Waals surface area contributed by atoms with Gasteiger partial charge in [0.05, 0.1) is 18.7 Å². The molecule has 0 aromatic carbocycles. The van der Waals surface area contributed by atoms with Crippen molar-refractivity contribution >= 4 is 11.9 Å². The van der Waals surface area contributed by atoms with Crippen LogP contribution in [0, 0.1) is 28.6 Å². The summed E-state index contributed by atoms with van der Waals surface area (Å²) in [6.45, 7) is 4.26. The maximum Gasteiger partial charge on any atom is 0.236 e. The van der Waals surface area contributed by atoms with Crippen molar-refractivity contribution in [3.05, 3.63) is 0 Å².